The zero-order valence-corrected chi connectivity index (χ0v) is 12.6. The summed E-state index contributed by atoms with van der Waals surface area (Å²) in [5.41, 5.74) is 1.31. The third kappa shape index (κ3) is 6.46. The van der Waals surface area contributed by atoms with Crippen LogP contribution in [0.3, 0.4) is 0 Å². The van der Waals surface area contributed by atoms with Crippen LogP contribution in [-0.4, -0.2) is 29.8 Å². The van der Waals surface area contributed by atoms with E-state index in [4.69, 9.17) is 5.11 Å². The van der Waals surface area contributed by atoms with Crippen molar-refractivity contribution in [2.24, 2.45) is 0 Å². The molecule has 4 heteroatoms. The number of aliphatic hydroxyl groups is 1. The first-order valence-corrected chi connectivity index (χ1v) is 7.86. The third-order valence-electron chi connectivity index (χ3n) is 2.49. The van der Waals surface area contributed by atoms with E-state index in [-0.39, 0.29) is 0 Å². The van der Waals surface area contributed by atoms with Crippen molar-refractivity contribution in [3.63, 3.8) is 0 Å². The molecule has 0 saturated heterocycles. The molecule has 17 heavy (non-hydrogen) atoms. The average Bonchev–Trinajstić information content (AvgIpc) is 2.33. The van der Waals surface area contributed by atoms with E-state index < -0.39 is 0 Å². The molecule has 1 rings (SSSR count). The molecule has 0 bridgehead atoms. The molecule has 0 saturated carbocycles. The smallest absolute Gasteiger partial charge is 0.0438 e. The molecule has 0 fully saturated rings. The first kappa shape index (κ1) is 15.0. The Morgan fingerprint density at radius 2 is 2.24 bits per heavy atom. The summed E-state index contributed by atoms with van der Waals surface area (Å²) < 4.78 is 1.13. The highest BCUT2D eigenvalue weighted by molar-refractivity contribution is 9.10. The lowest BCUT2D eigenvalue weighted by atomic mass is 10.1. The minimum absolute atomic E-state index is 0.300. The molecule has 0 amide bonds. The van der Waals surface area contributed by atoms with Crippen LogP contribution in [0.25, 0.3) is 0 Å². The lowest BCUT2D eigenvalue weighted by molar-refractivity contribution is 0.296. The van der Waals surface area contributed by atoms with Crippen molar-refractivity contribution in [1.82, 2.24) is 5.32 Å². The number of hydrogen-bond acceptors (Lipinski definition) is 3. The van der Waals surface area contributed by atoms with Crippen molar-refractivity contribution in [3.05, 3.63) is 34.3 Å². The number of halogens is 1. The van der Waals surface area contributed by atoms with Crippen LogP contribution >= 0.6 is 27.7 Å². The van der Waals surface area contributed by atoms with Crippen molar-refractivity contribution in [1.29, 1.82) is 0 Å². The fourth-order valence-electron chi connectivity index (χ4n) is 1.51. The van der Waals surface area contributed by atoms with Crippen LogP contribution in [0.4, 0.5) is 0 Å². The largest absolute Gasteiger partial charge is 0.396 e. The Kier molecular flexibility index (Phi) is 7.93. The van der Waals surface area contributed by atoms with Gasteiger partial charge in [0.1, 0.15) is 0 Å². The van der Waals surface area contributed by atoms with Gasteiger partial charge in [0.15, 0.2) is 0 Å². The summed E-state index contributed by atoms with van der Waals surface area (Å²) in [6, 6.07) is 8.78. The predicted octanol–water partition coefficient (Wildman–Crippen LogP) is 3.22. The molecule has 0 aromatic heterocycles. The molecule has 1 unspecified atom stereocenters. The number of nitrogens with one attached hydrogen (secondary N) is 1. The van der Waals surface area contributed by atoms with Gasteiger partial charge in [-0.15, -0.1) is 0 Å². The van der Waals surface area contributed by atoms with E-state index in [1.165, 1.54) is 5.56 Å². The van der Waals surface area contributed by atoms with Gasteiger partial charge < -0.3 is 10.4 Å². The summed E-state index contributed by atoms with van der Waals surface area (Å²) in [5, 5.41) is 12.2. The van der Waals surface area contributed by atoms with E-state index in [2.05, 4.69) is 46.4 Å². The number of thioether (sulfide) groups is 1. The van der Waals surface area contributed by atoms with Gasteiger partial charge in [-0.3, -0.25) is 0 Å². The van der Waals surface area contributed by atoms with Gasteiger partial charge in [0.2, 0.25) is 0 Å². The normalized spacial score (nSPS) is 12.6. The highest BCUT2D eigenvalue weighted by Crippen LogP contribution is 2.17. The highest BCUT2D eigenvalue weighted by Gasteiger charge is 2.04. The summed E-state index contributed by atoms with van der Waals surface area (Å²) >= 11 is 5.37. The number of aliphatic hydroxyl groups excluding tert-OH is 1. The fraction of sp³-hybridized carbons (Fsp3) is 0.538. The van der Waals surface area contributed by atoms with Crippen LogP contribution in [0, 0.1) is 0 Å². The molecule has 1 aromatic carbocycles. The Labute approximate surface area is 116 Å². The molecule has 2 N–H and O–H groups in total. The first-order valence-electron chi connectivity index (χ1n) is 5.91. The molecule has 0 aliphatic heterocycles. The molecular weight excluding hydrogens is 298 g/mol. The Morgan fingerprint density at radius 1 is 1.41 bits per heavy atom. The predicted molar refractivity (Wildman–Crippen MR) is 79.6 cm³/mol. The van der Waals surface area contributed by atoms with E-state index >= 15 is 0 Å². The topological polar surface area (TPSA) is 32.3 Å². The molecule has 96 valence electrons. The van der Waals surface area contributed by atoms with Gasteiger partial charge in [0, 0.05) is 29.4 Å². The third-order valence-corrected chi connectivity index (χ3v) is 4.06. The average molecular weight is 318 g/mol. The van der Waals surface area contributed by atoms with Gasteiger partial charge >= 0.3 is 0 Å². The van der Waals surface area contributed by atoms with E-state index in [9.17, 15) is 0 Å². The Bertz CT molecular complexity index is 322. The number of hydrogen-bond donors (Lipinski definition) is 2. The van der Waals surface area contributed by atoms with E-state index in [1.54, 1.807) is 0 Å². The first-order chi connectivity index (χ1) is 8.24. The van der Waals surface area contributed by atoms with Gasteiger partial charge in [-0.25, -0.2) is 0 Å². The van der Waals surface area contributed by atoms with Gasteiger partial charge in [0.25, 0.3) is 0 Å². The van der Waals surface area contributed by atoms with Crippen molar-refractivity contribution in [3.8, 4) is 0 Å². The van der Waals surface area contributed by atoms with Crippen LogP contribution in [-0.2, 0) is 0 Å². The lowest BCUT2D eigenvalue weighted by Crippen LogP contribution is -2.21. The minimum Gasteiger partial charge on any atom is -0.396 e. The summed E-state index contributed by atoms with van der Waals surface area (Å²) in [5.74, 6) is 2.14. The monoisotopic (exact) mass is 317 g/mol. The second-order valence-electron chi connectivity index (χ2n) is 3.92. The Balaban J connectivity index is 2.19. The molecule has 1 atom stereocenters. The van der Waals surface area contributed by atoms with Gasteiger partial charge in [-0.1, -0.05) is 28.1 Å². The second kappa shape index (κ2) is 8.97. The van der Waals surface area contributed by atoms with Crippen LogP contribution in [0.15, 0.2) is 28.7 Å². The van der Waals surface area contributed by atoms with E-state index in [0.717, 1.165) is 28.9 Å². The van der Waals surface area contributed by atoms with Crippen molar-refractivity contribution < 1.29 is 5.11 Å². The maximum atomic E-state index is 8.65. The number of benzene rings is 1. The molecular formula is C13H20BrNOS. The van der Waals surface area contributed by atoms with Gasteiger partial charge in [-0.2, -0.15) is 11.8 Å². The molecule has 1 aromatic rings. The summed E-state index contributed by atoms with van der Waals surface area (Å²) in [4.78, 5) is 0. The molecule has 0 aliphatic rings. The van der Waals surface area contributed by atoms with E-state index in [1.807, 2.05) is 17.8 Å². The fourth-order valence-corrected chi connectivity index (χ4v) is 2.73. The Hall–Kier alpha value is -0.0300. The van der Waals surface area contributed by atoms with Gasteiger partial charge in [0.05, 0.1) is 0 Å². The molecule has 0 spiro atoms. The molecule has 0 heterocycles. The Morgan fingerprint density at radius 3 is 2.94 bits per heavy atom. The molecule has 0 aliphatic carbocycles. The van der Waals surface area contributed by atoms with Crippen LogP contribution in [0.5, 0.6) is 0 Å². The summed E-state index contributed by atoms with van der Waals surface area (Å²) in [6.07, 6.45) is 0.895. The minimum atomic E-state index is 0.300. The SMILES string of the molecule is CC(NCCSCCCO)c1cccc(Br)c1. The van der Waals surface area contributed by atoms with Crippen molar-refractivity contribution in [2.45, 2.75) is 19.4 Å². The standard InChI is InChI=1S/C13H20BrNOS/c1-11(12-4-2-5-13(14)10-12)15-6-9-17-8-3-7-16/h2,4-5,10-11,15-16H,3,6-9H2,1H3. The summed E-state index contributed by atoms with van der Waals surface area (Å²) in [6.45, 7) is 3.48. The van der Waals surface area contributed by atoms with Gasteiger partial charge in [-0.05, 0) is 36.8 Å². The second-order valence-corrected chi connectivity index (χ2v) is 6.06. The quantitative estimate of drug-likeness (QED) is 0.722. The van der Waals surface area contributed by atoms with Crippen LogP contribution in [0.2, 0.25) is 0 Å². The van der Waals surface area contributed by atoms with Crippen molar-refractivity contribution >= 4 is 27.7 Å². The number of rotatable bonds is 8. The zero-order chi connectivity index (χ0) is 12.5. The molecule has 0 radical (unpaired) electrons. The van der Waals surface area contributed by atoms with Crippen LogP contribution < -0.4 is 5.32 Å². The van der Waals surface area contributed by atoms with Crippen LogP contribution in [0.1, 0.15) is 24.9 Å². The summed E-state index contributed by atoms with van der Waals surface area (Å²) in [7, 11) is 0. The maximum absolute atomic E-state index is 8.65. The van der Waals surface area contributed by atoms with Crippen molar-refractivity contribution in [2.75, 3.05) is 24.7 Å². The van der Waals surface area contributed by atoms with E-state index in [0.29, 0.717) is 12.6 Å². The zero-order valence-electron chi connectivity index (χ0n) is 10.2. The maximum Gasteiger partial charge on any atom is 0.0438 e. The highest BCUT2D eigenvalue weighted by atomic mass is 79.9. The lowest BCUT2D eigenvalue weighted by Gasteiger charge is -2.14. The molecule has 2 nitrogen and oxygen atoms in total.